The fourth-order valence-electron chi connectivity index (χ4n) is 4.47. The van der Waals surface area contributed by atoms with E-state index in [1.54, 1.807) is 0 Å². The van der Waals surface area contributed by atoms with Crippen molar-refractivity contribution in [3.63, 3.8) is 0 Å². The van der Waals surface area contributed by atoms with Crippen LogP contribution in [0.5, 0.6) is 0 Å². The van der Waals surface area contributed by atoms with Gasteiger partial charge in [0, 0.05) is 21.2 Å². The summed E-state index contributed by atoms with van der Waals surface area (Å²) in [5.41, 5.74) is 8.49. The Hall–Kier alpha value is -3.41. The van der Waals surface area contributed by atoms with Crippen LogP contribution in [0.4, 0.5) is 11.4 Å². The lowest BCUT2D eigenvalue weighted by molar-refractivity contribution is 1.13. The fraction of sp³-hybridized carbons (Fsp3) is 0.100. The highest BCUT2D eigenvalue weighted by molar-refractivity contribution is 8.00. The number of hydrogen-bond acceptors (Lipinski definition) is 5. The van der Waals surface area contributed by atoms with Gasteiger partial charge in [0.25, 0.3) is 0 Å². The molecule has 2 atom stereocenters. The summed E-state index contributed by atoms with van der Waals surface area (Å²) < 4.78 is 0. The average Bonchev–Trinajstić information content (AvgIpc) is 3.53. The minimum Gasteiger partial charge on any atom is -0.368 e. The van der Waals surface area contributed by atoms with Crippen molar-refractivity contribution < 1.29 is 0 Å². The van der Waals surface area contributed by atoms with Gasteiger partial charge in [0.2, 0.25) is 0 Å². The predicted octanol–water partition coefficient (Wildman–Crippen LogP) is 8.59. The van der Waals surface area contributed by atoms with Crippen LogP contribution in [0.15, 0.2) is 113 Å². The van der Waals surface area contributed by atoms with Crippen molar-refractivity contribution in [3.05, 3.63) is 125 Å². The van der Waals surface area contributed by atoms with E-state index in [1.807, 2.05) is 35.7 Å². The molecule has 2 aliphatic rings. The van der Waals surface area contributed by atoms with E-state index in [0.29, 0.717) is 5.71 Å². The third-order valence-electron chi connectivity index (χ3n) is 6.34. The number of rotatable bonds is 5. The quantitative estimate of drug-likeness (QED) is 0.245. The standard InChI is InChI=1S/C30H25N3S2/c1-19(20-8-6-10-22(17-20)29-32-25-12-2-4-14-27(25)34-29)16-24(31)21-9-7-11-23(18-21)30-33-26-13-3-5-15-28(26)35-30/h2-18,29-33H,1H3/b19-16+,31-24?. The number of fused-ring (bicyclic) bond motifs is 2. The molecule has 0 saturated carbocycles. The molecule has 0 amide bonds. The molecule has 0 radical (unpaired) electrons. The molecule has 0 spiro atoms. The maximum Gasteiger partial charge on any atom is 0.103 e. The Morgan fingerprint density at radius 1 is 0.686 bits per heavy atom. The molecular weight excluding hydrogens is 466 g/mol. The van der Waals surface area contributed by atoms with Crippen LogP contribution in [0.1, 0.15) is 39.9 Å². The van der Waals surface area contributed by atoms with Gasteiger partial charge in [-0.25, -0.2) is 0 Å². The molecule has 3 nitrogen and oxygen atoms in total. The maximum atomic E-state index is 8.79. The van der Waals surface area contributed by atoms with Gasteiger partial charge in [0.15, 0.2) is 0 Å². The monoisotopic (exact) mass is 491 g/mol. The van der Waals surface area contributed by atoms with E-state index >= 15 is 0 Å². The molecule has 3 N–H and O–H groups in total. The Morgan fingerprint density at radius 2 is 1.20 bits per heavy atom. The van der Waals surface area contributed by atoms with E-state index in [1.165, 1.54) is 32.3 Å². The van der Waals surface area contributed by atoms with E-state index in [9.17, 15) is 0 Å². The molecule has 4 aromatic carbocycles. The van der Waals surface area contributed by atoms with Gasteiger partial charge in [-0.2, -0.15) is 0 Å². The van der Waals surface area contributed by atoms with Crippen LogP contribution in [0.3, 0.4) is 0 Å². The van der Waals surface area contributed by atoms with Crippen LogP contribution >= 0.6 is 23.5 Å². The van der Waals surface area contributed by atoms with Gasteiger partial charge in [-0.1, -0.05) is 84.2 Å². The Morgan fingerprint density at radius 3 is 1.77 bits per heavy atom. The molecule has 0 bridgehead atoms. The van der Waals surface area contributed by atoms with Gasteiger partial charge in [-0.05, 0) is 77.2 Å². The molecule has 0 aliphatic carbocycles. The summed E-state index contributed by atoms with van der Waals surface area (Å²) in [6.45, 7) is 2.09. The summed E-state index contributed by atoms with van der Waals surface area (Å²) in [5.74, 6) is 0. The highest BCUT2D eigenvalue weighted by atomic mass is 32.2. The smallest absolute Gasteiger partial charge is 0.103 e. The molecule has 2 unspecified atom stereocenters. The first-order valence-corrected chi connectivity index (χ1v) is 13.4. The van der Waals surface area contributed by atoms with Crippen molar-refractivity contribution >= 4 is 46.2 Å². The second kappa shape index (κ2) is 9.33. The normalized spacial score (nSPS) is 18.4. The van der Waals surface area contributed by atoms with Crippen LogP contribution in [0.2, 0.25) is 0 Å². The molecule has 0 saturated heterocycles. The van der Waals surface area contributed by atoms with Gasteiger partial charge in [-0.15, -0.1) is 0 Å². The molecule has 2 aliphatic heterocycles. The summed E-state index contributed by atoms with van der Waals surface area (Å²) in [4.78, 5) is 2.56. The minimum absolute atomic E-state index is 0.169. The van der Waals surface area contributed by atoms with Gasteiger partial charge in [0.1, 0.15) is 10.7 Å². The molecule has 5 heteroatoms. The van der Waals surface area contributed by atoms with E-state index in [4.69, 9.17) is 5.41 Å². The van der Waals surface area contributed by atoms with Crippen molar-refractivity contribution in [2.75, 3.05) is 10.6 Å². The predicted molar refractivity (Wildman–Crippen MR) is 151 cm³/mol. The van der Waals surface area contributed by atoms with Crippen molar-refractivity contribution in [2.45, 2.75) is 27.5 Å². The largest absolute Gasteiger partial charge is 0.368 e. The Labute approximate surface area is 214 Å². The second-order valence-electron chi connectivity index (χ2n) is 8.77. The Balaban J connectivity index is 1.19. The van der Waals surface area contributed by atoms with Crippen molar-refractivity contribution in [3.8, 4) is 0 Å². The summed E-state index contributed by atoms with van der Waals surface area (Å²) in [7, 11) is 0. The number of nitrogens with one attached hydrogen (secondary N) is 3. The number of anilines is 2. The van der Waals surface area contributed by atoms with Crippen LogP contribution < -0.4 is 10.6 Å². The summed E-state index contributed by atoms with van der Waals surface area (Å²) >= 11 is 3.67. The minimum atomic E-state index is 0.169. The molecule has 172 valence electrons. The lowest BCUT2D eigenvalue weighted by Crippen LogP contribution is -2.04. The topological polar surface area (TPSA) is 47.9 Å². The number of benzene rings is 4. The average molecular weight is 492 g/mol. The van der Waals surface area contributed by atoms with Crippen molar-refractivity contribution in [2.24, 2.45) is 0 Å². The number of hydrogen-bond donors (Lipinski definition) is 3. The molecular formula is C30H25N3S2. The first-order chi connectivity index (χ1) is 17.1. The van der Waals surface area contributed by atoms with Crippen LogP contribution in [0, 0.1) is 5.41 Å². The third-order valence-corrected chi connectivity index (χ3v) is 8.81. The summed E-state index contributed by atoms with van der Waals surface area (Å²) in [6.07, 6.45) is 1.98. The fourth-order valence-corrected chi connectivity index (χ4v) is 6.74. The number of thioether (sulfide) groups is 2. The first-order valence-electron chi connectivity index (χ1n) is 11.7. The lowest BCUT2D eigenvalue weighted by atomic mass is 10.00. The van der Waals surface area contributed by atoms with E-state index in [2.05, 4.69) is 109 Å². The van der Waals surface area contributed by atoms with Crippen molar-refractivity contribution in [1.29, 1.82) is 5.41 Å². The number of allylic oxidation sites excluding steroid dienone is 2. The zero-order valence-electron chi connectivity index (χ0n) is 19.3. The molecule has 0 aromatic heterocycles. The van der Waals surface area contributed by atoms with E-state index < -0.39 is 0 Å². The maximum absolute atomic E-state index is 8.79. The van der Waals surface area contributed by atoms with Crippen LogP contribution in [-0.2, 0) is 0 Å². The van der Waals surface area contributed by atoms with Gasteiger partial charge in [0.05, 0.1) is 5.71 Å². The highest BCUT2D eigenvalue weighted by Crippen LogP contribution is 2.47. The molecule has 2 heterocycles. The Kier molecular flexibility index (Phi) is 5.88. The van der Waals surface area contributed by atoms with Gasteiger partial charge in [-0.3, -0.25) is 0 Å². The Bertz CT molecular complexity index is 1410. The molecule has 0 fully saturated rings. The zero-order chi connectivity index (χ0) is 23.8. The SMILES string of the molecule is C/C(=C\C(=N)c1cccc(C2Nc3ccccc3S2)c1)c1cccc(C2Nc3ccccc3S2)c1. The molecule has 35 heavy (non-hydrogen) atoms. The van der Waals surface area contributed by atoms with E-state index in [-0.39, 0.29) is 10.7 Å². The zero-order valence-corrected chi connectivity index (χ0v) is 20.9. The lowest BCUT2D eigenvalue weighted by Gasteiger charge is -2.14. The van der Waals surface area contributed by atoms with Crippen molar-refractivity contribution in [1.82, 2.24) is 0 Å². The van der Waals surface area contributed by atoms with Crippen LogP contribution in [0.25, 0.3) is 5.57 Å². The molecule has 4 aromatic rings. The number of para-hydroxylation sites is 2. The summed E-state index contributed by atoms with van der Waals surface area (Å²) in [6, 6.07) is 33.8. The highest BCUT2D eigenvalue weighted by Gasteiger charge is 2.23. The molecule has 6 rings (SSSR count). The van der Waals surface area contributed by atoms with Gasteiger partial charge >= 0.3 is 0 Å². The van der Waals surface area contributed by atoms with Crippen LogP contribution in [-0.4, -0.2) is 5.71 Å². The second-order valence-corrected chi connectivity index (χ2v) is 11.1. The third kappa shape index (κ3) is 4.49. The summed E-state index contributed by atoms with van der Waals surface area (Å²) in [5, 5.41) is 16.4. The van der Waals surface area contributed by atoms with Gasteiger partial charge < -0.3 is 16.0 Å². The first kappa shape index (κ1) is 22.1. The van der Waals surface area contributed by atoms with E-state index in [0.717, 1.165) is 16.7 Å².